The molecule has 0 heterocycles. The summed E-state index contributed by atoms with van der Waals surface area (Å²) in [5, 5.41) is 2.81. The predicted molar refractivity (Wildman–Crippen MR) is 72.9 cm³/mol. The van der Waals surface area contributed by atoms with Crippen molar-refractivity contribution in [3.8, 4) is 5.75 Å². The van der Waals surface area contributed by atoms with Gasteiger partial charge in [-0.1, -0.05) is 19.1 Å². The van der Waals surface area contributed by atoms with Crippen molar-refractivity contribution in [1.29, 1.82) is 0 Å². The van der Waals surface area contributed by atoms with Gasteiger partial charge in [-0.2, -0.15) is 0 Å². The van der Waals surface area contributed by atoms with Gasteiger partial charge >= 0.3 is 6.03 Å². The number of carbonyl (C=O) groups is 1. The fourth-order valence-electron chi connectivity index (χ4n) is 1.58. The van der Waals surface area contributed by atoms with Crippen LogP contribution in [0.2, 0.25) is 0 Å². The lowest BCUT2D eigenvalue weighted by Gasteiger charge is -2.21. The zero-order valence-electron chi connectivity index (χ0n) is 11.1. The van der Waals surface area contributed by atoms with E-state index in [2.05, 4.69) is 5.32 Å². The van der Waals surface area contributed by atoms with Crippen molar-refractivity contribution in [1.82, 2.24) is 4.90 Å². The number of carbonyl (C=O) groups excluding carboxylic acids is 1. The Morgan fingerprint density at radius 3 is 2.78 bits per heavy atom. The van der Waals surface area contributed by atoms with Gasteiger partial charge in [0.05, 0.1) is 12.8 Å². The molecule has 1 unspecified atom stereocenters. The molecule has 3 N–H and O–H groups in total. The first-order chi connectivity index (χ1) is 8.58. The lowest BCUT2D eigenvalue weighted by atomic mass is 10.2. The van der Waals surface area contributed by atoms with Gasteiger partial charge in [0.2, 0.25) is 0 Å². The molecule has 0 spiro atoms. The number of nitrogens with zero attached hydrogens (tertiary/aromatic N) is 1. The monoisotopic (exact) mass is 251 g/mol. The first-order valence-electron chi connectivity index (χ1n) is 5.93. The summed E-state index contributed by atoms with van der Waals surface area (Å²) in [6, 6.07) is 7.14. The van der Waals surface area contributed by atoms with E-state index >= 15 is 0 Å². The van der Waals surface area contributed by atoms with E-state index in [0.717, 1.165) is 0 Å². The fraction of sp³-hybridized carbons (Fsp3) is 0.462. The van der Waals surface area contributed by atoms with Crippen LogP contribution >= 0.6 is 0 Å². The molecule has 1 rings (SSSR count). The van der Waals surface area contributed by atoms with Gasteiger partial charge in [0.1, 0.15) is 5.75 Å². The molecule has 0 saturated heterocycles. The molecule has 0 aliphatic carbocycles. The zero-order chi connectivity index (χ0) is 13.5. The number of anilines is 1. The third kappa shape index (κ3) is 3.92. The maximum Gasteiger partial charge on any atom is 0.321 e. The van der Waals surface area contributed by atoms with Crippen molar-refractivity contribution in [2.24, 2.45) is 11.7 Å². The number of para-hydroxylation sites is 2. The van der Waals surface area contributed by atoms with E-state index in [-0.39, 0.29) is 11.9 Å². The second-order valence-electron chi connectivity index (χ2n) is 4.35. The van der Waals surface area contributed by atoms with E-state index in [1.165, 1.54) is 0 Å². The molecule has 18 heavy (non-hydrogen) atoms. The van der Waals surface area contributed by atoms with Gasteiger partial charge in [-0.05, 0) is 24.6 Å². The van der Waals surface area contributed by atoms with Crippen LogP contribution in [0.1, 0.15) is 6.92 Å². The van der Waals surface area contributed by atoms with Crippen LogP contribution < -0.4 is 15.8 Å². The average Bonchev–Trinajstić information content (AvgIpc) is 2.39. The SMILES string of the molecule is COc1ccccc1NC(=O)N(C)CC(C)CN. The lowest BCUT2D eigenvalue weighted by Crippen LogP contribution is -2.36. The highest BCUT2D eigenvalue weighted by atomic mass is 16.5. The smallest absolute Gasteiger partial charge is 0.321 e. The van der Waals surface area contributed by atoms with Crippen LogP contribution in [0, 0.1) is 5.92 Å². The van der Waals surface area contributed by atoms with E-state index in [1.54, 1.807) is 31.2 Å². The van der Waals surface area contributed by atoms with Crippen LogP contribution in [-0.2, 0) is 0 Å². The lowest BCUT2D eigenvalue weighted by molar-refractivity contribution is 0.216. The number of methoxy groups -OCH3 is 1. The van der Waals surface area contributed by atoms with Gasteiger partial charge < -0.3 is 20.7 Å². The summed E-state index contributed by atoms with van der Waals surface area (Å²) in [4.78, 5) is 13.6. The van der Waals surface area contributed by atoms with Crippen LogP contribution in [0.25, 0.3) is 0 Å². The summed E-state index contributed by atoms with van der Waals surface area (Å²) in [5.41, 5.74) is 6.20. The van der Waals surface area contributed by atoms with Crippen molar-refractivity contribution < 1.29 is 9.53 Å². The van der Waals surface area contributed by atoms with Gasteiger partial charge in [0.25, 0.3) is 0 Å². The number of urea groups is 1. The Balaban J connectivity index is 2.63. The van der Waals surface area contributed by atoms with E-state index in [0.29, 0.717) is 24.5 Å². The van der Waals surface area contributed by atoms with E-state index < -0.39 is 0 Å². The normalized spacial score (nSPS) is 11.8. The minimum atomic E-state index is -0.167. The van der Waals surface area contributed by atoms with Gasteiger partial charge in [-0.15, -0.1) is 0 Å². The van der Waals surface area contributed by atoms with Crippen LogP contribution in [0.5, 0.6) is 5.75 Å². The van der Waals surface area contributed by atoms with Gasteiger partial charge in [-0.3, -0.25) is 0 Å². The molecular weight excluding hydrogens is 230 g/mol. The Bertz CT molecular complexity index is 396. The summed E-state index contributed by atoms with van der Waals surface area (Å²) in [6.07, 6.45) is 0. The molecule has 0 aliphatic rings. The molecule has 0 aromatic heterocycles. The minimum Gasteiger partial charge on any atom is -0.495 e. The molecule has 0 aliphatic heterocycles. The van der Waals surface area contributed by atoms with Crippen LogP contribution in [0.15, 0.2) is 24.3 Å². The Labute approximate surface area is 108 Å². The second-order valence-corrected chi connectivity index (χ2v) is 4.35. The first-order valence-corrected chi connectivity index (χ1v) is 5.93. The summed E-state index contributed by atoms with van der Waals surface area (Å²) in [5.74, 6) is 0.921. The first kappa shape index (κ1) is 14.3. The summed E-state index contributed by atoms with van der Waals surface area (Å²) in [7, 11) is 3.32. The highest BCUT2D eigenvalue weighted by molar-refractivity contribution is 5.90. The van der Waals surface area contributed by atoms with Gasteiger partial charge in [0.15, 0.2) is 0 Å². The standard InChI is InChI=1S/C13H21N3O2/c1-10(8-14)9-16(2)13(17)15-11-6-4-5-7-12(11)18-3/h4-7,10H,8-9,14H2,1-3H3,(H,15,17). The predicted octanol–water partition coefficient (Wildman–Crippen LogP) is 1.75. The highest BCUT2D eigenvalue weighted by Gasteiger charge is 2.13. The highest BCUT2D eigenvalue weighted by Crippen LogP contribution is 2.23. The van der Waals surface area contributed by atoms with E-state index in [9.17, 15) is 4.79 Å². The van der Waals surface area contributed by atoms with Crippen LogP contribution in [0.4, 0.5) is 10.5 Å². The summed E-state index contributed by atoms with van der Waals surface area (Å²) in [6.45, 7) is 3.19. The molecule has 0 saturated carbocycles. The number of amides is 2. The molecular formula is C13H21N3O2. The quantitative estimate of drug-likeness (QED) is 0.837. The molecule has 1 aromatic rings. The van der Waals surface area contributed by atoms with E-state index in [4.69, 9.17) is 10.5 Å². The maximum absolute atomic E-state index is 12.0. The maximum atomic E-state index is 12.0. The van der Waals surface area contributed by atoms with Crippen molar-refractivity contribution in [2.75, 3.05) is 32.6 Å². The second kappa shape index (κ2) is 6.86. The van der Waals surface area contributed by atoms with Gasteiger partial charge in [-0.25, -0.2) is 4.79 Å². The third-order valence-electron chi connectivity index (χ3n) is 2.68. The number of hydrogen-bond donors (Lipinski definition) is 2. The zero-order valence-corrected chi connectivity index (χ0v) is 11.1. The number of rotatable bonds is 5. The summed E-state index contributed by atoms with van der Waals surface area (Å²) < 4.78 is 5.17. The van der Waals surface area contributed by atoms with Crippen molar-refractivity contribution in [2.45, 2.75) is 6.92 Å². The molecule has 1 atom stereocenters. The van der Waals surface area contributed by atoms with Crippen molar-refractivity contribution in [3.63, 3.8) is 0 Å². The van der Waals surface area contributed by atoms with Crippen LogP contribution in [-0.4, -0.2) is 38.2 Å². The molecule has 2 amide bonds. The van der Waals surface area contributed by atoms with Crippen molar-refractivity contribution in [3.05, 3.63) is 24.3 Å². The molecule has 5 nitrogen and oxygen atoms in total. The Kier molecular flexibility index (Phi) is 5.45. The molecule has 0 radical (unpaired) electrons. The average molecular weight is 251 g/mol. The summed E-state index contributed by atoms with van der Waals surface area (Å²) >= 11 is 0. The number of nitrogens with two attached hydrogens (primary N) is 1. The number of nitrogens with one attached hydrogen (secondary N) is 1. The van der Waals surface area contributed by atoms with E-state index in [1.807, 2.05) is 19.1 Å². The fourth-order valence-corrected chi connectivity index (χ4v) is 1.58. The molecule has 1 aromatic carbocycles. The Hall–Kier alpha value is -1.75. The molecule has 5 heteroatoms. The Morgan fingerprint density at radius 1 is 1.50 bits per heavy atom. The van der Waals surface area contributed by atoms with Gasteiger partial charge in [0, 0.05) is 13.6 Å². The number of hydrogen-bond acceptors (Lipinski definition) is 3. The van der Waals surface area contributed by atoms with Crippen LogP contribution in [0.3, 0.4) is 0 Å². The van der Waals surface area contributed by atoms with Crippen molar-refractivity contribution >= 4 is 11.7 Å². The topological polar surface area (TPSA) is 67.6 Å². The largest absolute Gasteiger partial charge is 0.495 e. The molecule has 100 valence electrons. The Morgan fingerprint density at radius 2 is 2.17 bits per heavy atom. The minimum absolute atomic E-state index is 0.167. The molecule has 0 fully saturated rings. The number of ether oxygens (including phenoxy) is 1. The molecule has 0 bridgehead atoms. The third-order valence-corrected chi connectivity index (χ3v) is 2.68. The number of benzene rings is 1.